The predicted octanol–water partition coefficient (Wildman–Crippen LogP) is 4.87. The van der Waals surface area contributed by atoms with Crippen molar-refractivity contribution in [3.05, 3.63) is 65.9 Å². The first-order valence-electron chi connectivity index (χ1n) is 7.77. The maximum absolute atomic E-state index is 12.7. The van der Waals surface area contributed by atoms with E-state index in [0.717, 1.165) is 11.0 Å². The lowest BCUT2D eigenvalue weighted by Crippen LogP contribution is -2.30. The number of rotatable bonds is 5. The molecular weight excluding hydrogens is 328 g/mol. The van der Waals surface area contributed by atoms with Gasteiger partial charge in [-0.25, -0.2) is 0 Å². The van der Waals surface area contributed by atoms with Crippen LogP contribution in [0.4, 0.5) is 8.78 Å². The Balaban J connectivity index is 1.87. The smallest absolute Gasteiger partial charge is 0.387 e. The highest BCUT2D eigenvalue weighted by Crippen LogP contribution is 2.29. The Morgan fingerprint density at radius 3 is 2.52 bits per heavy atom. The molecule has 0 aliphatic rings. The molecule has 0 saturated heterocycles. The van der Waals surface area contributed by atoms with Crippen molar-refractivity contribution < 1.29 is 22.7 Å². The highest BCUT2D eigenvalue weighted by atomic mass is 19.3. The molecule has 6 heteroatoms. The minimum Gasteiger partial charge on any atom is -0.459 e. The zero-order valence-corrected chi connectivity index (χ0v) is 13.8. The second kappa shape index (κ2) is 6.93. The SMILES string of the molecule is C[C@H](c1cc2ccccc2o1)N(C)C(=O)c1ccccc1OC(F)F. The number of alkyl halides is 2. The molecule has 0 aliphatic heterocycles. The lowest BCUT2D eigenvalue weighted by atomic mass is 10.1. The van der Waals surface area contributed by atoms with Crippen molar-refractivity contribution in [1.82, 2.24) is 4.90 Å². The number of furan rings is 1. The third-order valence-electron chi connectivity index (χ3n) is 4.09. The van der Waals surface area contributed by atoms with Crippen LogP contribution in [0.2, 0.25) is 0 Å². The van der Waals surface area contributed by atoms with Crippen LogP contribution in [-0.2, 0) is 0 Å². The molecule has 25 heavy (non-hydrogen) atoms. The van der Waals surface area contributed by atoms with Gasteiger partial charge in [-0.15, -0.1) is 0 Å². The fourth-order valence-corrected chi connectivity index (χ4v) is 2.61. The number of amides is 1. The number of para-hydroxylation sites is 2. The van der Waals surface area contributed by atoms with E-state index in [-0.39, 0.29) is 17.4 Å². The van der Waals surface area contributed by atoms with Crippen LogP contribution in [0, 0.1) is 0 Å². The van der Waals surface area contributed by atoms with Crippen molar-refractivity contribution in [3.8, 4) is 5.75 Å². The van der Waals surface area contributed by atoms with E-state index in [4.69, 9.17) is 4.42 Å². The largest absolute Gasteiger partial charge is 0.459 e. The Morgan fingerprint density at radius 1 is 1.12 bits per heavy atom. The quantitative estimate of drug-likeness (QED) is 0.663. The highest BCUT2D eigenvalue weighted by molar-refractivity contribution is 5.97. The number of fused-ring (bicyclic) bond motifs is 1. The maximum atomic E-state index is 12.7. The van der Waals surface area contributed by atoms with E-state index in [9.17, 15) is 13.6 Å². The van der Waals surface area contributed by atoms with Crippen LogP contribution in [0.5, 0.6) is 5.75 Å². The van der Waals surface area contributed by atoms with Gasteiger partial charge < -0.3 is 14.1 Å². The molecule has 2 aromatic carbocycles. The van der Waals surface area contributed by atoms with E-state index in [1.165, 1.54) is 23.1 Å². The summed E-state index contributed by atoms with van der Waals surface area (Å²) in [5.41, 5.74) is 0.805. The molecule has 1 atom stereocenters. The fraction of sp³-hybridized carbons (Fsp3) is 0.211. The van der Waals surface area contributed by atoms with Crippen molar-refractivity contribution in [2.24, 2.45) is 0 Å². The topological polar surface area (TPSA) is 42.7 Å². The maximum Gasteiger partial charge on any atom is 0.387 e. The van der Waals surface area contributed by atoms with E-state index in [0.29, 0.717) is 5.76 Å². The van der Waals surface area contributed by atoms with Gasteiger partial charge in [-0.1, -0.05) is 30.3 Å². The van der Waals surface area contributed by atoms with Crippen LogP contribution in [0.3, 0.4) is 0 Å². The molecule has 0 aliphatic carbocycles. The molecule has 0 radical (unpaired) electrons. The van der Waals surface area contributed by atoms with Gasteiger partial charge in [-0.2, -0.15) is 8.78 Å². The average molecular weight is 345 g/mol. The standard InChI is InChI=1S/C19H17F2NO3/c1-12(17-11-13-7-3-5-9-15(13)24-17)22(2)18(23)14-8-4-6-10-16(14)25-19(20)21/h3-12,19H,1-2H3/t12-/m1/s1. The molecule has 0 spiro atoms. The van der Waals surface area contributed by atoms with Crippen LogP contribution in [-0.4, -0.2) is 24.5 Å². The zero-order chi connectivity index (χ0) is 18.0. The van der Waals surface area contributed by atoms with Crippen molar-refractivity contribution in [3.63, 3.8) is 0 Å². The molecule has 1 amide bonds. The Morgan fingerprint density at radius 2 is 1.80 bits per heavy atom. The predicted molar refractivity (Wildman–Crippen MR) is 89.8 cm³/mol. The van der Waals surface area contributed by atoms with E-state index in [2.05, 4.69) is 4.74 Å². The number of benzene rings is 2. The van der Waals surface area contributed by atoms with Crippen LogP contribution >= 0.6 is 0 Å². The number of nitrogens with zero attached hydrogens (tertiary/aromatic N) is 1. The summed E-state index contributed by atoms with van der Waals surface area (Å²) < 4.78 is 35.3. The second-order valence-electron chi connectivity index (χ2n) is 5.65. The number of hydrogen-bond donors (Lipinski definition) is 0. The summed E-state index contributed by atoms with van der Waals surface area (Å²) in [7, 11) is 1.60. The number of carbonyl (C=O) groups is 1. The first kappa shape index (κ1) is 17.0. The van der Waals surface area contributed by atoms with Crippen LogP contribution < -0.4 is 4.74 Å². The van der Waals surface area contributed by atoms with Crippen molar-refractivity contribution >= 4 is 16.9 Å². The van der Waals surface area contributed by atoms with E-state index < -0.39 is 12.5 Å². The van der Waals surface area contributed by atoms with Gasteiger partial charge in [0, 0.05) is 12.4 Å². The Bertz CT molecular complexity index is 858. The molecule has 0 N–H and O–H groups in total. The molecule has 1 heterocycles. The van der Waals surface area contributed by atoms with E-state index in [1.54, 1.807) is 13.1 Å². The van der Waals surface area contributed by atoms with Gasteiger partial charge in [0.2, 0.25) is 0 Å². The Labute approximate surface area is 143 Å². The molecule has 0 fully saturated rings. The van der Waals surface area contributed by atoms with Crippen LogP contribution in [0.1, 0.15) is 29.1 Å². The molecule has 130 valence electrons. The highest BCUT2D eigenvalue weighted by Gasteiger charge is 2.24. The number of carbonyl (C=O) groups excluding carboxylic acids is 1. The van der Waals surface area contributed by atoms with Gasteiger partial charge in [0.1, 0.15) is 17.1 Å². The minimum absolute atomic E-state index is 0.0771. The second-order valence-corrected chi connectivity index (χ2v) is 5.65. The molecular formula is C19H17F2NO3. The van der Waals surface area contributed by atoms with Gasteiger partial charge in [0.05, 0.1) is 11.6 Å². The molecule has 3 rings (SSSR count). The third kappa shape index (κ3) is 3.47. The Hall–Kier alpha value is -2.89. The lowest BCUT2D eigenvalue weighted by Gasteiger charge is -2.24. The van der Waals surface area contributed by atoms with Crippen molar-refractivity contribution in [2.75, 3.05) is 7.05 Å². The van der Waals surface area contributed by atoms with Crippen LogP contribution in [0.15, 0.2) is 59.0 Å². The van der Waals surface area contributed by atoms with Gasteiger partial charge in [-0.05, 0) is 31.2 Å². The number of hydrogen-bond acceptors (Lipinski definition) is 3. The molecule has 1 aromatic heterocycles. The molecule has 4 nitrogen and oxygen atoms in total. The average Bonchev–Trinajstić information content (AvgIpc) is 3.04. The van der Waals surface area contributed by atoms with Crippen LogP contribution in [0.25, 0.3) is 11.0 Å². The third-order valence-corrected chi connectivity index (χ3v) is 4.09. The molecule has 0 unspecified atom stereocenters. The van der Waals surface area contributed by atoms with Gasteiger partial charge in [0.25, 0.3) is 5.91 Å². The summed E-state index contributed by atoms with van der Waals surface area (Å²) in [6.45, 7) is -1.18. The first-order chi connectivity index (χ1) is 12.0. The monoisotopic (exact) mass is 345 g/mol. The minimum atomic E-state index is -2.99. The van der Waals surface area contributed by atoms with Gasteiger partial charge in [0.15, 0.2) is 0 Å². The number of ether oxygens (including phenoxy) is 1. The Kier molecular flexibility index (Phi) is 4.70. The molecule has 3 aromatic rings. The molecule has 0 bridgehead atoms. The van der Waals surface area contributed by atoms with Crippen molar-refractivity contribution in [2.45, 2.75) is 19.6 Å². The first-order valence-corrected chi connectivity index (χ1v) is 7.77. The summed E-state index contributed by atoms with van der Waals surface area (Å²) in [5, 5.41) is 0.937. The van der Waals surface area contributed by atoms with E-state index in [1.807, 2.05) is 37.3 Å². The normalized spacial score (nSPS) is 12.4. The van der Waals surface area contributed by atoms with E-state index >= 15 is 0 Å². The summed E-state index contributed by atoms with van der Waals surface area (Å²) in [6.07, 6.45) is 0. The summed E-state index contributed by atoms with van der Waals surface area (Å²) >= 11 is 0. The zero-order valence-electron chi connectivity index (χ0n) is 13.8. The summed E-state index contributed by atoms with van der Waals surface area (Å²) in [5.74, 6) is 0.0414. The van der Waals surface area contributed by atoms with Gasteiger partial charge in [-0.3, -0.25) is 4.79 Å². The summed E-state index contributed by atoms with van der Waals surface area (Å²) in [6, 6.07) is 15.0. The summed E-state index contributed by atoms with van der Waals surface area (Å²) in [4.78, 5) is 14.2. The fourth-order valence-electron chi connectivity index (χ4n) is 2.61. The van der Waals surface area contributed by atoms with Crippen molar-refractivity contribution in [1.29, 1.82) is 0 Å². The van der Waals surface area contributed by atoms with Gasteiger partial charge >= 0.3 is 6.61 Å². The molecule has 0 saturated carbocycles. The number of halogens is 2. The lowest BCUT2D eigenvalue weighted by molar-refractivity contribution is -0.0503.